The highest BCUT2D eigenvalue weighted by Crippen LogP contribution is 2.23. The molecule has 1 heterocycles. The molecule has 2 rings (SSSR count). The lowest BCUT2D eigenvalue weighted by atomic mass is 10.0. The van der Waals surface area contributed by atoms with E-state index in [4.69, 9.17) is 5.11 Å². The summed E-state index contributed by atoms with van der Waals surface area (Å²) in [6.07, 6.45) is 1.38. The Hall–Kier alpha value is -2.21. The van der Waals surface area contributed by atoms with Gasteiger partial charge < -0.3 is 10.4 Å². The van der Waals surface area contributed by atoms with Crippen LogP contribution in [0.3, 0.4) is 0 Å². The molecule has 0 aliphatic rings. The van der Waals surface area contributed by atoms with Crippen molar-refractivity contribution in [2.24, 2.45) is 0 Å². The molecule has 0 bridgehead atoms. The highest BCUT2D eigenvalue weighted by Gasteiger charge is 2.20. The van der Waals surface area contributed by atoms with E-state index >= 15 is 0 Å². The van der Waals surface area contributed by atoms with Crippen LogP contribution in [0.5, 0.6) is 0 Å². The van der Waals surface area contributed by atoms with Crippen LogP contribution in [-0.2, 0) is 4.79 Å². The monoisotopic (exact) mass is 318 g/mol. The molecule has 0 saturated heterocycles. The molecular weight excluding hydrogens is 300 g/mol. The Morgan fingerprint density at radius 2 is 1.95 bits per heavy atom. The number of carbonyl (C=O) groups is 2. The highest BCUT2D eigenvalue weighted by molar-refractivity contribution is 7.13. The number of carbonyl (C=O) groups excluding carboxylic acids is 1. The summed E-state index contributed by atoms with van der Waals surface area (Å²) in [6.45, 7) is 4.02. The van der Waals surface area contributed by atoms with Gasteiger partial charge in [-0.15, -0.1) is 11.3 Å². The van der Waals surface area contributed by atoms with Gasteiger partial charge >= 0.3 is 5.97 Å². The molecule has 2 aromatic rings. The molecule has 1 aromatic heterocycles. The van der Waals surface area contributed by atoms with Crippen molar-refractivity contribution in [3.8, 4) is 0 Å². The molecule has 2 N–H and O–H groups in total. The number of aliphatic carboxylic acids is 1. The third-order valence-corrected chi connectivity index (χ3v) is 4.42. The summed E-state index contributed by atoms with van der Waals surface area (Å²) in [7, 11) is 0. The van der Waals surface area contributed by atoms with Gasteiger partial charge in [-0.1, -0.05) is 44.2 Å². The Balaban J connectivity index is 2.15. The molecule has 5 nitrogen and oxygen atoms in total. The number of rotatable bonds is 6. The first-order valence-electron chi connectivity index (χ1n) is 7.00. The maximum absolute atomic E-state index is 12.3. The molecule has 1 unspecified atom stereocenters. The zero-order chi connectivity index (χ0) is 16.1. The Morgan fingerprint density at radius 1 is 1.27 bits per heavy atom. The lowest BCUT2D eigenvalue weighted by Gasteiger charge is -2.16. The Bertz CT molecular complexity index is 652. The third-order valence-electron chi connectivity index (χ3n) is 3.13. The zero-order valence-electron chi connectivity index (χ0n) is 12.4. The lowest BCUT2D eigenvalue weighted by Crippen LogP contribution is -2.29. The minimum atomic E-state index is -0.957. The Morgan fingerprint density at radius 3 is 2.50 bits per heavy atom. The van der Waals surface area contributed by atoms with E-state index < -0.39 is 12.0 Å². The van der Waals surface area contributed by atoms with E-state index in [0.29, 0.717) is 4.88 Å². The van der Waals surface area contributed by atoms with Crippen molar-refractivity contribution in [3.05, 3.63) is 52.0 Å². The predicted molar refractivity (Wildman–Crippen MR) is 85.1 cm³/mol. The standard InChI is InChI=1S/C16H18N2O3S/c1-10(2)16-17-9-13(22-16)15(21)18-12(8-14(19)20)11-6-4-3-5-7-11/h3-7,9-10,12H,8H2,1-2H3,(H,18,21)(H,19,20). The quantitative estimate of drug-likeness (QED) is 0.857. The molecule has 1 aromatic carbocycles. The second kappa shape index (κ2) is 7.17. The van der Waals surface area contributed by atoms with Gasteiger partial charge in [0.2, 0.25) is 0 Å². The minimum Gasteiger partial charge on any atom is -0.481 e. The fourth-order valence-corrected chi connectivity index (χ4v) is 2.82. The summed E-state index contributed by atoms with van der Waals surface area (Å²) in [6, 6.07) is 8.54. The fourth-order valence-electron chi connectivity index (χ4n) is 2.00. The van der Waals surface area contributed by atoms with Crippen molar-refractivity contribution >= 4 is 23.2 Å². The smallest absolute Gasteiger partial charge is 0.305 e. The first-order chi connectivity index (χ1) is 10.5. The van der Waals surface area contributed by atoms with Gasteiger partial charge in [0.05, 0.1) is 23.7 Å². The van der Waals surface area contributed by atoms with E-state index in [0.717, 1.165) is 10.6 Å². The Labute approximate surface area is 133 Å². The van der Waals surface area contributed by atoms with E-state index in [9.17, 15) is 9.59 Å². The number of nitrogens with zero attached hydrogens (tertiary/aromatic N) is 1. The first-order valence-corrected chi connectivity index (χ1v) is 7.82. The fraction of sp³-hybridized carbons (Fsp3) is 0.312. The van der Waals surface area contributed by atoms with Gasteiger partial charge in [0.25, 0.3) is 5.91 Å². The largest absolute Gasteiger partial charge is 0.481 e. The predicted octanol–water partition coefficient (Wildman–Crippen LogP) is 3.21. The van der Waals surface area contributed by atoms with Gasteiger partial charge in [-0.25, -0.2) is 4.98 Å². The number of thiazole rings is 1. The number of hydrogen-bond acceptors (Lipinski definition) is 4. The number of hydrogen-bond donors (Lipinski definition) is 2. The average Bonchev–Trinajstić information content (AvgIpc) is 2.97. The molecule has 0 spiro atoms. The molecule has 0 saturated carbocycles. The number of carboxylic acids is 1. The third kappa shape index (κ3) is 4.14. The maximum Gasteiger partial charge on any atom is 0.305 e. The summed E-state index contributed by atoms with van der Waals surface area (Å²) >= 11 is 1.33. The van der Waals surface area contributed by atoms with Crippen molar-refractivity contribution < 1.29 is 14.7 Å². The lowest BCUT2D eigenvalue weighted by molar-refractivity contribution is -0.137. The highest BCUT2D eigenvalue weighted by atomic mass is 32.1. The van der Waals surface area contributed by atoms with Crippen molar-refractivity contribution in [2.75, 3.05) is 0 Å². The van der Waals surface area contributed by atoms with E-state index in [1.54, 1.807) is 12.1 Å². The summed E-state index contributed by atoms with van der Waals surface area (Å²) in [4.78, 5) is 28.1. The normalized spacial score (nSPS) is 12.1. The molecule has 1 atom stereocenters. The van der Waals surface area contributed by atoms with Gasteiger partial charge in [-0.05, 0) is 5.56 Å². The number of carboxylic acid groups (broad SMARTS) is 1. The SMILES string of the molecule is CC(C)c1ncc(C(=O)NC(CC(=O)O)c2ccccc2)s1. The van der Waals surface area contributed by atoms with Crippen LogP contribution in [0.15, 0.2) is 36.5 Å². The number of aromatic nitrogens is 1. The molecule has 0 aliphatic carbocycles. The van der Waals surface area contributed by atoms with Gasteiger partial charge in [0.1, 0.15) is 4.88 Å². The van der Waals surface area contributed by atoms with Crippen LogP contribution in [0.4, 0.5) is 0 Å². The van der Waals surface area contributed by atoms with Crippen molar-refractivity contribution in [1.82, 2.24) is 10.3 Å². The molecule has 1 amide bonds. The van der Waals surface area contributed by atoms with Gasteiger partial charge in [0, 0.05) is 5.92 Å². The zero-order valence-corrected chi connectivity index (χ0v) is 13.3. The van der Waals surface area contributed by atoms with Crippen LogP contribution in [-0.4, -0.2) is 22.0 Å². The number of amides is 1. The first kappa shape index (κ1) is 16.2. The van der Waals surface area contributed by atoms with E-state index in [1.165, 1.54) is 17.5 Å². The molecule has 6 heteroatoms. The van der Waals surface area contributed by atoms with E-state index in [2.05, 4.69) is 10.3 Å². The second-order valence-corrected chi connectivity index (χ2v) is 6.31. The maximum atomic E-state index is 12.3. The van der Waals surface area contributed by atoms with Gasteiger partial charge in [-0.3, -0.25) is 9.59 Å². The van der Waals surface area contributed by atoms with E-state index in [1.807, 2.05) is 32.0 Å². The van der Waals surface area contributed by atoms with Crippen molar-refractivity contribution in [3.63, 3.8) is 0 Å². The van der Waals surface area contributed by atoms with Crippen LogP contribution in [0.2, 0.25) is 0 Å². The van der Waals surface area contributed by atoms with Crippen molar-refractivity contribution in [1.29, 1.82) is 0 Å². The second-order valence-electron chi connectivity index (χ2n) is 5.25. The molecule has 0 aliphatic heterocycles. The summed E-state index contributed by atoms with van der Waals surface area (Å²) in [5.41, 5.74) is 0.770. The van der Waals surface area contributed by atoms with Crippen molar-refractivity contribution in [2.45, 2.75) is 32.2 Å². The topological polar surface area (TPSA) is 79.3 Å². The molecule has 0 radical (unpaired) electrons. The van der Waals surface area contributed by atoms with Crippen LogP contribution in [0, 0.1) is 0 Å². The molecule has 22 heavy (non-hydrogen) atoms. The number of nitrogens with one attached hydrogen (secondary N) is 1. The Kier molecular flexibility index (Phi) is 5.27. The average molecular weight is 318 g/mol. The van der Waals surface area contributed by atoms with Crippen LogP contribution in [0.1, 0.15) is 52.5 Å². The summed E-state index contributed by atoms with van der Waals surface area (Å²) < 4.78 is 0. The summed E-state index contributed by atoms with van der Waals surface area (Å²) in [5.74, 6) is -0.990. The molecule has 116 valence electrons. The van der Waals surface area contributed by atoms with Crippen LogP contribution < -0.4 is 5.32 Å². The van der Waals surface area contributed by atoms with Crippen LogP contribution in [0.25, 0.3) is 0 Å². The summed E-state index contributed by atoms with van der Waals surface area (Å²) in [5, 5.41) is 12.7. The van der Waals surface area contributed by atoms with Gasteiger partial charge in [0.15, 0.2) is 0 Å². The van der Waals surface area contributed by atoms with Crippen LogP contribution >= 0.6 is 11.3 Å². The van der Waals surface area contributed by atoms with E-state index in [-0.39, 0.29) is 18.2 Å². The van der Waals surface area contributed by atoms with Gasteiger partial charge in [-0.2, -0.15) is 0 Å². The minimum absolute atomic E-state index is 0.161. The molecule has 0 fully saturated rings. The molecular formula is C16H18N2O3S. The number of benzene rings is 1.